The number of carbonyl (C=O) groups is 1. The quantitative estimate of drug-likeness (QED) is 0.629. The number of carbonyl (C=O) groups excluding carboxylic acids is 1. The number of nitrogens with zero attached hydrogens (tertiary/aromatic N) is 2. The lowest BCUT2D eigenvalue weighted by Gasteiger charge is -2.15. The highest BCUT2D eigenvalue weighted by Crippen LogP contribution is 2.38. The number of halogens is 4. The van der Waals surface area contributed by atoms with Gasteiger partial charge < -0.3 is 9.88 Å². The Hall–Kier alpha value is -2.19. The molecular formula is C17H13ClF3N3OS. The number of benzene rings is 2. The van der Waals surface area contributed by atoms with Crippen LogP contribution in [0.2, 0.25) is 5.02 Å². The number of amides is 1. The Morgan fingerprint density at radius 3 is 2.65 bits per heavy atom. The molecular weight excluding hydrogens is 387 g/mol. The normalized spacial score (nSPS) is 11.7. The molecule has 0 aliphatic rings. The lowest BCUT2D eigenvalue weighted by Crippen LogP contribution is -2.18. The van der Waals surface area contributed by atoms with E-state index in [1.54, 1.807) is 0 Å². The second-order valence-electron chi connectivity index (χ2n) is 5.44. The summed E-state index contributed by atoms with van der Waals surface area (Å²) in [6, 6.07) is 10.8. The minimum atomic E-state index is -4.61. The van der Waals surface area contributed by atoms with Gasteiger partial charge in [0.2, 0.25) is 5.91 Å². The molecule has 0 atom stereocenters. The standard InChI is InChI=1S/C17H13ClF3N3OS/c1-24-13-8-3-2-7-12(13)22-16(24)26-9-14(25)23-15-10(17(19,20)21)5-4-6-11(15)18/h2-8H,9H2,1H3,(H,23,25). The van der Waals surface area contributed by atoms with Crippen LogP contribution in [0, 0.1) is 0 Å². The van der Waals surface area contributed by atoms with Crippen LogP contribution in [-0.2, 0) is 18.0 Å². The minimum Gasteiger partial charge on any atom is -0.324 e. The summed E-state index contributed by atoms with van der Waals surface area (Å²) in [7, 11) is 1.81. The zero-order valence-corrected chi connectivity index (χ0v) is 15.0. The molecule has 0 radical (unpaired) electrons. The van der Waals surface area contributed by atoms with E-state index in [0.717, 1.165) is 28.9 Å². The average Bonchev–Trinajstić information content (AvgIpc) is 2.90. The van der Waals surface area contributed by atoms with Crippen molar-refractivity contribution in [2.45, 2.75) is 11.3 Å². The largest absolute Gasteiger partial charge is 0.418 e. The number of aromatic nitrogens is 2. The van der Waals surface area contributed by atoms with E-state index in [1.807, 2.05) is 35.9 Å². The SMILES string of the molecule is Cn1c(SCC(=O)Nc2c(Cl)cccc2C(F)(F)F)nc2ccccc21. The van der Waals surface area contributed by atoms with Crippen molar-refractivity contribution in [2.75, 3.05) is 11.1 Å². The lowest BCUT2D eigenvalue weighted by molar-refractivity contribution is -0.137. The molecule has 0 aliphatic heterocycles. The summed E-state index contributed by atoms with van der Waals surface area (Å²) in [6.45, 7) is 0. The van der Waals surface area contributed by atoms with Crippen LogP contribution in [0.3, 0.4) is 0 Å². The van der Waals surface area contributed by atoms with Crippen molar-refractivity contribution in [3.63, 3.8) is 0 Å². The summed E-state index contributed by atoms with van der Waals surface area (Å²) in [4.78, 5) is 16.6. The summed E-state index contributed by atoms with van der Waals surface area (Å²) in [6.07, 6.45) is -4.61. The smallest absolute Gasteiger partial charge is 0.324 e. The summed E-state index contributed by atoms with van der Waals surface area (Å²) >= 11 is 6.97. The molecule has 0 spiro atoms. The monoisotopic (exact) mass is 399 g/mol. The van der Waals surface area contributed by atoms with E-state index in [4.69, 9.17) is 11.6 Å². The molecule has 3 rings (SSSR count). The number of nitrogens with one attached hydrogen (secondary N) is 1. The molecule has 1 heterocycles. The van der Waals surface area contributed by atoms with Gasteiger partial charge >= 0.3 is 6.18 Å². The first-order valence-corrected chi connectivity index (χ1v) is 8.83. The van der Waals surface area contributed by atoms with E-state index >= 15 is 0 Å². The van der Waals surface area contributed by atoms with Crippen molar-refractivity contribution in [2.24, 2.45) is 7.05 Å². The van der Waals surface area contributed by atoms with Crippen LogP contribution in [0.25, 0.3) is 11.0 Å². The van der Waals surface area contributed by atoms with Crippen LogP contribution in [0.5, 0.6) is 0 Å². The maximum absolute atomic E-state index is 13.1. The Morgan fingerprint density at radius 2 is 1.96 bits per heavy atom. The minimum absolute atomic E-state index is 0.0975. The zero-order chi connectivity index (χ0) is 18.9. The highest BCUT2D eigenvalue weighted by Gasteiger charge is 2.34. The predicted molar refractivity (Wildman–Crippen MR) is 96.5 cm³/mol. The molecule has 0 saturated carbocycles. The number of para-hydroxylation sites is 3. The number of hydrogen-bond acceptors (Lipinski definition) is 3. The lowest BCUT2D eigenvalue weighted by atomic mass is 10.1. The van der Waals surface area contributed by atoms with Gasteiger partial charge in [-0.15, -0.1) is 0 Å². The first kappa shape index (κ1) is 18.6. The first-order valence-electron chi connectivity index (χ1n) is 7.47. The van der Waals surface area contributed by atoms with Crippen molar-refractivity contribution in [3.05, 3.63) is 53.1 Å². The molecule has 4 nitrogen and oxygen atoms in total. The highest BCUT2D eigenvalue weighted by atomic mass is 35.5. The average molecular weight is 400 g/mol. The molecule has 0 fully saturated rings. The van der Waals surface area contributed by atoms with Crippen LogP contribution in [0.4, 0.5) is 18.9 Å². The molecule has 26 heavy (non-hydrogen) atoms. The molecule has 1 amide bonds. The van der Waals surface area contributed by atoms with E-state index in [0.29, 0.717) is 5.16 Å². The van der Waals surface area contributed by atoms with Gasteiger partial charge in [-0.2, -0.15) is 13.2 Å². The van der Waals surface area contributed by atoms with Gasteiger partial charge in [-0.05, 0) is 24.3 Å². The highest BCUT2D eigenvalue weighted by molar-refractivity contribution is 7.99. The molecule has 0 saturated heterocycles. The Bertz CT molecular complexity index is 972. The number of anilines is 1. The van der Waals surface area contributed by atoms with E-state index < -0.39 is 23.3 Å². The Morgan fingerprint density at radius 1 is 1.23 bits per heavy atom. The van der Waals surface area contributed by atoms with Crippen LogP contribution in [0.15, 0.2) is 47.6 Å². The number of fused-ring (bicyclic) bond motifs is 1. The van der Waals surface area contributed by atoms with Crippen LogP contribution < -0.4 is 5.32 Å². The Balaban J connectivity index is 1.75. The fourth-order valence-corrected chi connectivity index (χ4v) is 3.45. The molecule has 1 N–H and O–H groups in total. The van der Waals surface area contributed by atoms with E-state index in [-0.39, 0.29) is 10.8 Å². The molecule has 0 bridgehead atoms. The summed E-state index contributed by atoms with van der Waals surface area (Å²) in [5.74, 6) is -0.694. The van der Waals surface area contributed by atoms with Crippen molar-refractivity contribution in [3.8, 4) is 0 Å². The zero-order valence-electron chi connectivity index (χ0n) is 13.5. The van der Waals surface area contributed by atoms with Crippen LogP contribution in [0.1, 0.15) is 5.56 Å². The number of thioether (sulfide) groups is 1. The number of imidazole rings is 1. The third-order valence-corrected chi connectivity index (χ3v) is 5.01. The van der Waals surface area contributed by atoms with Crippen molar-refractivity contribution in [1.29, 1.82) is 0 Å². The van der Waals surface area contributed by atoms with Gasteiger partial charge in [0, 0.05) is 7.05 Å². The van der Waals surface area contributed by atoms with Gasteiger partial charge in [-0.3, -0.25) is 4.79 Å². The van der Waals surface area contributed by atoms with Gasteiger partial charge in [-0.1, -0.05) is 41.6 Å². The van der Waals surface area contributed by atoms with E-state index in [9.17, 15) is 18.0 Å². The molecule has 3 aromatic rings. The van der Waals surface area contributed by atoms with Crippen LogP contribution >= 0.6 is 23.4 Å². The molecule has 0 aliphatic carbocycles. The molecule has 2 aromatic carbocycles. The van der Waals surface area contributed by atoms with Gasteiger partial charge in [0.15, 0.2) is 5.16 Å². The maximum atomic E-state index is 13.1. The summed E-state index contributed by atoms with van der Waals surface area (Å²) in [5, 5.41) is 2.69. The number of alkyl halides is 3. The van der Waals surface area contributed by atoms with Gasteiger partial charge in [0.25, 0.3) is 0 Å². The van der Waals surface area contributed by atoms with Crippen molar-refractivity contribution < 1.29 is 18.0 Å². The van der Waals surface area contributed by atoms with Gasteiger partial charge in [0.05, 0.1) is 33.1 Å². The first-order chi connectivity index (χ1) is 12.3. The molecule has 9 heteroatoms. The Kier molecular flexibility index (Phi) is 5.15. The fraction of sp³-hybridized carbons (Fsp3) is 0.176. The molecule has 0 unspecified atom stereocenters. The van der Waals surface area contributed by atoms with Crippen LogP contribution in [-0.4, -0.2) is 21.2 Å². The third kappa shape index (κ3) is 3.81. The molecule has 1 aromatic heterocycles. The number of aryl methyl sites for hydroxylation is 1. The summed E-state index contributed by atoms with van der Waals surface area (Å²) in [5.41, 5.74) is 0.271. The van der Waals surface area contributed by atoms with Gasteiger partial charge in [-0.25, -0.2) is 4.98 Å². The van der Waals surface area contributed by atoms with E-state index in [1.165, 1.54) is 12.1 Å². The number of rotatable bonds is 4. The number of hydrogen-bond donors (Lipinski definition) is 1. The van der Waals surface area contributed by atoms with Crippen molar-refractivity contribution in [1.82, 2.24) is 9.55 Å². The van der Waals surface area contributed by atoms with E-state index in [2.05, 4.69) is 10.3 Å². The van der Waals surface area contributed by atoms with Crippen molar-refractivity contribution >= 4 is 46.0 Å². The second kappa shape index (κ2) is 7.20. The fourth-order valence-electron chi connectivity index (χ4n) is 2.45. The topological polar surface area (TPSA) is 46.9 Å². The Labute approximate surface area is 156 Å². The summed E-state index contributed by atoms with van der Waals surface area (Å²) < 4.78 is 41.0. The predicted octanol–water partition coefficient (Wildman–Crippen LogP) is 4.98. The molecule has 136 valence electrons. The second-order valence-corrected chi connectivity index (χ2v) is 6.79. The maximum Gasteiger partial charge on any atom is 0.418 e. The third-order valence-electron chi connectivity index (χ3n) is 3.66. The van der Waals surface area contributed by atoms with Gasteiger partial charge in [0.1, 0.15) is 0 Å².